The molecule has 5 aromatic rings. The van der Waals surface area contributed by atoms with E-state index in [0.29, 0.717) is 16.1 Å². The Morgan fingerprint density at radius 2 is 1.33 bits per heavy atom. The van der Waals surface area contributed by atoms with Crippen molar-refractivity contribution in [3.05, 3.63) is 131 Å². The van der Waals surface area contributed by atoms with Crippen LogP contribution in [-0.2, 0) is 10.0 Å². The van der Waals surface area contributed by atoms with Crippen LogP contribution in [0.25, 0.3) is 16.9 Å². The molecule has 1 heterocycles. The van der Waals surface area contributed by atoms with E-state index in [-0.39, 0.29) is 4.90 Å². The third-order valence-electron chi connectivity index (χ3n) is 5.33. The Bertz CT molecular complexity index is 1660. The summed E-state index contributed by atoms with van der Waals surface area (Å²) in [5.41, 5.74) is 2.81. The van der Waals surface area contributed by atoms with Crippen LogP contribution in [0, 0.1) is 0 Å². The molecule has 4 aromatic carbocycles. The van der Waals surface area contributed by atoms with Gasteiger partial charge in [-0.2, -0.15) is 8.42 Å². The van der Waals surface area contributed by atoms with E-state index in [1.165, 1.54) is 23.5 Å². The summed E-state index contributed by atoms with van der Waals surface area (Å²) in [6.45, 7) is 0. The number of para-hydroxylation sites is 1. The van der Waals surface area contributed by atoms with Crippen molar-refractivity contribution in [2.45, 2.75) is 4.90 Å². The van der Waals surface area contributed by atoms with Crippen molar-refractivity contribution in [1.82, 2.24) is 4.57 Å². The van der Waals surface area contributed by atoms with Crippen LogP contribution in [0.3, 0.4) is 0 Å². The molecule has 0 aliphatic heterocycles. The highest BCUT2D eigenvalue weighted by atomic mass is 32.2. The predicted molar refractivity (Wildman–Crippen MR) is 140 cm³/mol. The lowest BCUT2D eigenvalue weighted by Crippen LogP contribution is -2.16. The van der Waals surface area contributed by atoms with Crippen molar-refractivity contribution in [2.24, 2.45) is 4.40 Å². The Morgan fingerprint density at radius 1 is 0.750 bits per heavy atom. The minimum absolute atomic E-state index is 0.129. The van der Waals surface area contributed by atoms with E-state index in [1.807, 2.05) is 53.9 Å². The Hall–Kier alpha value is -4.27. The Morgan fingerprint density at radius 3 is 1.97 bits per heavy atom. The van der Waals surface area contributed by atoms with E-state index in [4.69, 9.17) is 4.74 Å². The van der Waals surface area contributed by atoms with E-state index in [0.717, 1.165) is 16.9 Å². The monoisotopic (exact) mass is 512 g/mol. The molecule has 6 nitrogen and oxygen atoms in total. The maximum absolute atomic E-state index is 13.0. The molecule has 8 heteroatoms. The lowest BCUT2D eigenvalue weighted by molar-refractivity contribution is 0.0734. The molecule has 5 rings (SSSR count). The third kappa shape index (κ3) is 5.05. The summed E-state index contributed by atoms with van der Waals surface area (Å²) in [5, 5.41) is 1.86. The second-order valence-electron chi connectivity index (χ2n) is 7.73. The van der Waals surface area contributed by atoms with Gasteiger partial charge in [0.1, 0.15) is 5.75 Å². The number of hydrogen-bond acceptors (Lipinski definition) is 5. The number of hydrogen-bond donors (Lipinski definition) is 0. The topological polar surface area (TPSA) is 77.7 Å². The van der Waals surface area contributed by atoms with Crippen LogP contribution >= 0.6 is 11.3 Å². The molecule has 0 unspecified atom stereocenters. The van der Waals surface area contributed by atoms with Gasteiger partial charge in [0.05, 0.1) is 16.2 Å². The van der Waals surface area contributed by atoms with Gasteiger partial charge in [-0.15, -0.1) is 15.7 Å². The third-order valence-corrected chi connectivity index (χ3v) is 7.55. The van der Waals surface area contributed by atoms with Crippen molar-refractivity contribution in [2.75, 3.05) is 0 Å². The standard InChI is InChI=1S/C28H20N2O4S2/c31-27(22-10-4-1-5-11-22)34-24-18-16-21(17-19-24)26-20-35-28(30(26)23-12-6-2-7-13-23)29-36(32,33)25-14-8-3-9-15-25/h1-20H/b29-28-. The number of aromatic nitrogens is 1. The molecule has 0 saturated heterocycles. The molecule has 0 aliphatic rings. The summed E-state index contributed by atoms with van der Waals surface area (Å²) >= 11 is 1.23. The number of rotatable bonds is 6. The van der Waals surface area contributed by atoms with Gasteiger partial charge in [-0.05, 0) is 66.2 Å². The first kappa shape index (κ1) is 23.5. The quantitative estimate of drug-likeness (QED) is 0.216. The van der Waals surface area contributed by atoms with Gasteiger partial charge in [0.25, 0.3) is 10.0 Å². The first-order valence-corrected chi connectivity index (χ1v) is 13.3. The molecule has 0 N–H and O–H groups in total. The highest BCUT2D eigenvalue weighted by molar-refractivity contribution is 7.90. The number of sulfonamides is 1. The minimum atomic E-state index is -3.90. The van der Waals surface area contributed by atoms with E-state index < -0.39 is 16.0 Å². The summed E-state index contributed by atoms with van der Waals surface area (Å²) in [5.74, 6) is -0.0314. The zero-order valence-corrected chi connectivity index (χ0v) is 20.5. The van der Waals surface area contributed by atoms with Crippen LogP contribution in [0.4, 0.5) is 0 Å². The van der Waals surface area contributed by atoms with Crippen molar-refractivity contribution in [3.8, 4) is 22.7 Å². The number of ether oxygens (including phenoxy) is 1. The van der Waals surface area contributed by atoms with Crippen LogP contribution in [0.15, 0.2) is 130 Å². The van der Waals surface area contributed by atoms with Crippen LogP contribution in [0.2, 0.25) is 0 Å². The summed E-state index contributed by atoms with van der Waals surface area (Å²) in [7, 11) is -3.90. The maximum atomic E-state index is 13.0. The number of carbonyl (C=O) groups is 1. The van der Waals surface area contributed by atoms with Gasteiger partial charge in [0.2, 0.25) is 4.80 Å². The zero-order chi connectivity index (χ0) is 25.0. The van der Waals surface area contributed by atoms with E-state index in [2.05, 4.69) is 4.40 Å². The first-order chi connectivity index (χ1) is 17.5. The molecule has 1 aromatic heterocycles. The molecule has 0 radical (unpaired) electrons. The van der Waals surface area contributed by atoms with Gasteiger partial charge in [0, 0.05) is 11.1 Å². The van der Waals surface area contributed by atoms with E-state index >= 15 is 0 Å². The van der Waals surface area contributed by atoms with Crippen LogP contribution in [0.5, 0.6) is 5.75 Å². The van der Waals surface area contributed by atoms with E-state index in [1.54, 1.807) is 59.2 Å². The summed E-state index contributed by atoms with van der Waals surface area (Å²) in [6.07, 6.45) is 0. The minimum Gasteiger partial charge on any atom is -0.423 e. The molecular weight excluding hydrogens is 492 g/mol. The average molecular weight is 513 g/mol. The number of benzene rings is 4. The Balaban J connectivity index is 1.53. The van der Waals surface area contributed by atoms with Crippen molar-refractivity contribution < 1.29 is 17.9 Å². The molecule has 36 heavy (non-hydrogen) atoms. The molecule has 0 spiro atoms. The fraction of sp³-hybridized carbons (Fsp3) is 0. The predicted octanol–water partition coefficient (Wildman–Crippen LogP) is 5.71. The summed E-state index contributed by atoms with van der Waals surface area (Å²) in [6, 6.07) is 33.4. The molecule has 0 atom stereocenters. The SMILES string of the molecule is O=C(Oc1ccc(-c2cs/c(=N\S(=O)(=O)c3ccccc3)n2-c2ccccc2)cc1)c1ccccc1. The van der Waals surface area contributed by atoms with Gasteiger partial charge in [0.15, 0.2) is 0 Å². The highest BCUT2D eigenvalue weighted by Gasteiger charge is 2.16. The molecular formula is C28H20N2O4S2. The first-order valence-electron chi connectivity index (χ1n) is 11.0. The van der Waals surface area contributed by atoms with E-state index in [9.17, 15) is 13.2 Å². The van der Waals surface area contributed by atoms with Crippen LogP contribution in [0.1, 0.15) is 10.4 Å². The van der Waals surface area contributed by atoms with Gasteiger partial charge in [-0.1, -0.05) is 54.6 Å². The van der Waals surface area contributed by atoms with Crippen molar-refractivity contribution in [3.63, 3.8) is 0 Å². The van der Waals surface area contributed by atoms with Crippen molar-refractivity contribution >= 4 is 27.3 Å². The lowest BCUT2D eigenvalue weighted by Gasteiger charge is -2.10. The highest BCUT2D eigenvalue weighted by Crippen LogP contribution is 2.26. The number of esters is 1. The lowest BCUT2D eigenvalue weighted by atomic mass is 10.1. The maximum Gasteiger partial charge on any atom is 0.343 e. The van der Waals surface area contributed by atoms with Gasteiger partial charge in [-0.25, -0.2) is 4.79 Å². The Labute approximate surface area is 212 Å². The number of carbonyl (C=O) groups excluding carboxylic acids is 1. The molecule has 178 valence electrons. The number of thiazole rings is 1. The molecule has 0 fully saturated rings. The second kappa shape index (κ2) is 10.2. The largest absolute Gasteiger partial charge is 0.423 e. The summed E-state index contributed by atoms with van der Waals surface area (Å²) < 4.78 is 37.4. The fourth-order valence-corrected chi connectivity index (χ4v) is 5.71. The Kier molecular flexibility index (Phi) is 6.62. The molecule has 0 bridgehead atoms. The van der Waals surface area contributed by atoms with Gasteiger partial charge in [-0.3, -0.25) is 4.57 Å². The smallest absolute Gasteiger partial charge is 0.343 e. The molecule has 0 aliphatic carbocycles. The average Bonchev–Trinajstić information content (AvgIpc) is 3.33. The second-order valence-corrected chi connectivity index (χ2v) is 10.2. The van der Waals surface area contributed by atoms with Crippen LogP contribution < -0.4 is 9.54 Å². The molecule has 0 saturated carbocycles. The zero-order valence-electron chi connectivity index (χ0n) is 18.9. The van der Waals surface area contributed by atoms with Crippen molar-refractivity contribution in [1.29, 1.82) is 0 Å². The number of nitrogens with zero attached hydrogens (tertiary/aromatic N) is 2. The molecule has 0 amide bonds. The van der Waals surface area contributed by atoms with Crippen LogP contribution in [-0.4, -0.2) is 19.0 Å². The fourth-order valence-electron chi connectivity index (χ4n) is 3.58. The summed E-state index contributed by atoms with van der Waals surface area (Å²) in [4.78, 5) is 12.8. The van der Waals surface area contributed by atoms with Gasteiger partial charge < -0.3 is 4.74 Å². The van der Waals surface area contributed by atoms with Gasteiger partial charge >= 0.3 is 5.97 Å². The normalized spacial score (nSPS) is 11.8.